The maximum absolute atomic E-state index is 13.5. The number of thioether (sulfide) groups is 1. The molecule has 2 N–H and O–H groups in total. The summed E-state index contributed by atoms with van der Waals surface area (Å²) in [4.78, 5) is 26.9. The zero-order chi connectivity index (χ0) is 23.0. The van der Waals surface area contributed by atoms with Crippen molar-refractivity contribution in [2.75, 3.05) is 18.8 Å². The number of hydrogen-bond acceptors (Lipinski definition) is 6. The van der Waals surface area contributed by atoms with Gasteiger partial charge in [-0.05, 0) is 63.0 Å². The van der Waals surface area contributed by atoms with Gasteiger partial charge < -0.3 is 5.32 Å². The second kappa shape index (κ2) is 11.6. The highest BCUT2D eigenvalue weighted by Crippen LogP contribution is 2.24. The molecule has 2 aromatic rings. The van der Waals surface area contributed by atoms with E-state index in [1.807, 2.05) is 4.57 Å². The number of nitrogens with one attached hydrogen (secondary N) is 2. The molecule has 2 fully saturated rings. The second-order valence-electron chi connectivity index (χ2n) is 8.69. The van der Waals surface area contributed by atoms with Crippen molar-refractivity contribution in [2.45, 2.75) is 69.1 Å². The number of nitrogens with zero attached hydrogens (tertiary/aromatic N) is 4. The second-order valence-corrected chi connectivity index (χ2v) is 9.64. The van der Waals surface area contributed by atoms with Crippen molar-refractivity contribution in [1.82, 2.24) is 30.3 Å². The summed E-state index contributed by atoms with van der Waals surface area (Å²) >= 11 is 1.21. The summed E-state index contributed by atoms with van der Waals surface area (Å²) in [5.74, 6) is 0.0733. The van der Waals surface area contributed by atoms with Gasteiger partial charge in [0.15, 0.2) is 11.0 Å². The van der Waals surface area contributed by atoms with E-state index in [0.717, 1.165) is 63.1 Å². The van der Waals surface area contributed by atoms with E-state index in [0.29, 0.717) is 11.7 Å². The third kappa shape index (κ3) is 6.77. The number of piperidine rings is 1. The van der Waals surface area contributed by atoms with Crippen molar-refractivity contribution >= 4 is 23.7 Å². The van der Waals surface area contributed by atoms with E-state index in [-0.39, 0.29) is 23.5 Å². The average Bonchev–Trinajstić information content (AvgIpc) is 3.22. The Labute approximate surface area is 197 Å². The van der Waals surface area contributed by atoms with E-state index in [4.69, 9.17) is 0 Å². The zero-order valence-corrected chi connectivity index (χ0v) is 19.6. The topological polar surface area (TPSA) is 92.2 Å². The maximum Gasteiger partial charge on any atom is 0.321 e. The summed E-state index contributed by atoms with van der Waals surface area (Å²) in [6, 6.07) is 5.85. The summed E-state index contributed by atoms with van der Waals surface area (Å²) in [7, 11) is 0. The number of hydrogen-bond donors (Lipinski definition) is 2. The number of aromatic nitrogens is 3. The number of amides is 3. The Balaban J connectivity index is 1.40. The molecule has 0 atom stereocenters. The van der Waals surface area contributed by atoms with Crippen LogP contribution < -0.4 is 10.6 Å². The van der Waals surface area contributed by atoms with Gasteiger partial charge in [-0.1, -0.05) is 37.4 Å². The highest BCUT2D eigenvalue weighted by molar-refractivity contribution is 7.99. The fourth-order valence-electron chi connectivity index (χ4n) is 4.42. The van der Waals surface area contributed by atoms with Crippen LogP contribution in [0.25, 0.3) is 5.69 Å². The first-order valence-electron chi connectivity index (χ1n) is 11.7. The number of halogens is 1. The Morgan fingerprint density at radius 2 is 1.70 bits per heavy atom. The third-order valence-corrected chi connectivity index (χ3v) is 7.05. The van der Waals surface area contributed by atoms with E-state index in [1.165, 1.54) is 36.7 Å². The normalized spacial score (nSPS) is 17.6. The van der Waals surface area contributed by atoms with E-state index < -0.39 is 6.03 Å². The van der Waals surface area contributed by atoms with Gasteiger partial charge in [0.25, 0.3) is 0 Å². The van der Waals surface area contributed by atoms with Gasteiger partial charge in [0.1, 0.15) is 5.82 Å². The molecule has 2 heterocycles. The number of carbonyl (C=O) groups is 2. The number of imide groups is 1. The minimum atomic E-state index is -0.446. The quantitative estimate of drug-likeness (QED) is 0.596. The van der Waals surface area contributed by atoms with Crippen LogP contribution in [0.4, 0.5) is 9.18 Å². The highest BCUT2D eigenvalue weighted by Gasteiger charge is 2.21. The molecule has 0 spiro atoms. The molecule has 1 saturated carbocycles. The molecule has 33 heavy (non-hydrogen) atoms. The predicted octanol–water partition coefficient (Wildman–Crippen LogP) is 3.64. The van der Waals surface area contributed by atoms with Gasteiger partial charge in [0.05, 0.1) is 12.3 Å². The minimum Gasteiger partial charge on any atom is -0.335 e. The summed E-state index contributed by atoms with van der Waals surface area (Å²) in [6.45, 7) is 2.66. The van der Waals surface area contributed by atoms with Crippen LogP contribution in [0.5, 0.6) is 0 Å². The number of likely N-dealkylation sites (tertiary alicyclic amines) is 1. The van der Waals surface area contributed by atoms with Crippen molar-refractivity contribution in [3.05, 3.63) is 35.9 Å². The van der Waals surface area contributed by atoms with Gasteiger partial charge in [-0.15, -0.1) is 10.2 Å². The molecule has 1 aromatic heterocycles. The summed E-state index contributed by atoms with van der Waals surface area (Å²) in [5, 5.41) is 14.5. The van der Waals surface area contributed by atoms with Crippen LogP contribution >= 0.6 is 11.8 Å². The van der Waals surface area contributed by atoms with Crippen LogP contribution in [0.15, 0.2) is 29.4 Å². The van der Waals surface area contributed by atoms with Gasteiger partial charge in [-0.3, -0.25) is 19.6 Å². The fourth-order valence-corrected chi connectivity index (χ4v) is 5.20. The van der Waals surface area contributed by atoms with E-state index in [9.17, 15) is 14.0 Å². The molecule has 1 aromatic carbocycles. The molecular formula is C23H31FN6O2S. The average molecular weight is 475 g/mol. The number of urea groups is 1. The van der Waals surface area contributed by atoms with Gasteiger partial charge in [0, 0.05) is 11.7 Å². The van der Waals surface area contributed by atoms with Crippen molar-refractivity contribution in [3.63, 3.8) is 0 Å². The van der Waals surface area contributed by atoms with E-state index in [1.54, 1.807) is 12.1 Å². The number of carbonyl (C=O) groups excluding carboxylic acids is 2. The Morgan fingerprint density at radius 1 is 1.00 bits per heavy atom. The summed E-state index contributed by atoms with van der Waals surface area (Å²) < 4.78 is 15.4. The molecule has 4 rings (SSSR count). The molecule has 3 amide bonds. The zero-order valence-electron chi connectivity index (χ0n) is 18.8. The molecule has 1 saturated heterocycles. The highest BCUT2D eigenvalue weighted by atomic mass is 32.2. The monoisotopic (exact) mass is 474 g/mol. The Morgan fingerprint density at radius 3 is 2.42 bits per heavy atom. The smallest absolute Gasteiger partial charge is 0.321 e. The third-order valence-electron chi connectivity index (χ3n) is 6.12. The Kier molecular flexibility index (Phi) is 8.33. The summed E-state index contributed by atoms with van der Waals surface area (Å²) in [5.41, 5.74) is 0.742. The van der Waals surface area contributed by atoms with E-state index in [2.05, 4.69) is 25.7 Å². The lowest BCUT2D eigenvalue weighted by Crippen LogP contribution is -2.45. The first-order chi connectivity index (χ1) is 16.1. The molecule has 0 radical (unpaired) electrons. The maximum atomic E-state index is 13.5. The number of benzene rings is 1. The first kappa shape index (κ1) is 23.7. The predicted molar refractivity (Wildman–Crippen MR) is 125 cm³/mol. The molecule has 0 unspecified atom stereocenters. The summed E-state index contributed by atoms with van der Waals surface area (Å²) in [6.07, 6.45) is 8.88. The Bertz CT molecular complexity index is 939. The molecule has 1 aliphatic heterocycles. The lowest BCUT2D eigenvalue weighted by atomic mass is 9.96. The van der Waals surface area contributed by atoms with Gasteiger partial charge >= 0.3 is 6.03 Å². The fraction of sp³-hybridized carbons (Fsp3) is 0.565. The lowest BCUT2D eigenvalue weighted by Gasteiger charge is -2.26. The van der Waals surface area contributed by atoms with Gasteiger partial charge in [-0.25, -0.2) is 9.18 Å². The molecule has 1 aliphatic carbocycles. The minimum absolute atomic E-state index is 0.0289. The molecule has 0 bridgehead atoms. The largest absolute Gasteiger partial charge is 0.335 e. The molecule has 10 heteroatoms. The van der Waals surface area contributed by atoms with Crippen molar-refractivity contribution in [3.8, 4) is 5.69 Å². The van der Waals surface area contributed by atoms with Crippen molar-refractivity contribution in [2.24, 2.45) is 0 Å². The first-order valence-corrected chi connectivity index (χ1v) is 12.7. The standard InChI is InChI=1S/C23H31FN6O2S/c24-17-9-11-19(12-10-17)30-20(15-29-13-5-2-6-14-29)27-28-23(30)33-16-21(31)26-22(32)25-18-7-3-1-4-8-18/h9-12,18H,1-8,13-16H2,(H2,25,26,31,32). The van der Waals surface area contributed by atoms with Crippen LogP contribution in [0, 0.1) is 5.82 Å². The van der Waals surface area contributed by atoms with Crippen LogP contribution in [-0.2, 0) is 11.3 Å². The lowest BCUT2D eigenvalue weighted by molar-refractivity contribution is -0.117. The van der Waals surface area contributed by atoms with Crippen LogP contribution in [0.3, 0.4) is 0 Å². The number of rotatable bonds is 7. The van der Waals surface area contributed by atoms with Gasteiger partial charge in [-0.2, -0.15) is 0 Å². The van der Waals surface area contributed by atoms with Gasteiger partial charge in [0.2, 0.25) is 5.91 Å². The molecule has 178 valence electrons. The van der Waals surface area contributed by atoms with Crippen LogP contribution in [0.2, 0.25) is 0 Å². The Hall–Kier alpha value is -2.46. The van der Waals surface area contributed by atoms with Crippen molar-refractivity contribution in [1.29, 1.82) is 0 Å². The van der Waals surface area contributed by atoms with Crippen molar-refractivity contribution < 1.29 is 14.0 Å². The van der Waals surface area contributed by atoms with E-state index >= 15 is 0 Å². The van der Waals surface area contributed by atoms with Crippen LogP contribution in [0.1, 0.15) is 57.2 Å². The molecule has 2 aliphatic rings. The molecule has 8 nitrogen and oxygen atoms in total. The SMILES string of the molecule is O=C(CSc1nnc(CN2CCCCC2)n1-c1ccc(F)cc1)NC(=O)NC1CCCCC1. The van der Waals surface area contributed by atoms with Crippen LogP contribution in [-0.4, -0.2) is 56.5 Å². The molecular weight excluding hydrogens is 443 g/mol.